The molecule has 0 N–H and O–H groups in total. The Balaban J connectivity index is 1.40. The van der Waals surface area contributed by atoms with E-state index in [1.165, 1.54) is 22.5 Å². The van der Waals surface area contributed by atoms with Crippen LogP contribution in [0.5, 0.6) is 5.75 Å². The molecular formula is C20H20ClFN2O4S. The Morgan fingerprint density at radius 2 is 1.86 bits per heavy atom. The van der Waals surface area contributed by atoms with Gasteiger partial charge in [0.1, 0.15) is 18.2 Å². The quantitative estimate of drug-likeness (QED) is 0.738. The molecular weight excluding hydrogens is 419 g/mol. The Labute approximate surface area is 173 Å². The van der Waals surface area contributed by atoms with E-state index in [0.29, 0.717) is 11.4 Å². The van der Waals surface area contributed by atoms with Crippen molar-refractivity contribution in [2.24, 2.45) is 5.92 Å². The van der Waals surface area contributed by atoms with Crippen LogP contribution in [0.3, 0.4) is 0 Å². The molecule has 2 aliphatic heterocycles. The predicted molar refractivity (Wildman–Crippen MR) is 106 cm³/mol. The summed E-state index contributed by atoms with van der Waals surface area (Å²) in [5, 5.41) is 0.594. The number of ether oxygens (including phenoxy) is 1. The van der Waals surface area contributed by atoms with Gasteiger partial charge in [0, 0.05) is 31.2 Å². The van der Waals surface area contributed by atoms with E-state index >= 15 is 0 Å². The molecule has 1 amide bonds. The summed E-state index contributed by atoms with van der Waals surface area (Å²) < 4.78 is 45.8. The van der Waals surface area contributed by atoms with Crippen LogP contribution in [0, 0.1) is 11.7 Å². The molecule has 1 fully saturated rings. The monoisotopic (exact) mass is 438 g/mol. The minimum absolute atomic E-state index is 0.0570. The lowest BCUT2D eigenvalue weighted by Gasteiger charge is -2.36. The van der Waals surface area contributed by atoms with Crippen molar-refractivity contribution in [2.75, 3.05) is 32.8 Å². The third-order valence-corrected chi connectivity index (χ3v) is 7.39. The van der Waals surface area contributed by atoms with E-state index in [2.05, 4.69) is 0 Å². The fourth-order valence-electron chi connectivity index (χ4n) is 3.71. The van der Waals surface area contributed by atoms with Gasteiger partial charge in [-0.25, -0.2) is 12.8 Å². The van der Waals surface area contributed by atoms with Crippen molar-refractivity contribution in [3.63, 3.8) is 0 Å². The smallest absolute Gasteiger partial charge is 0.243 e. The van der Waals surface area contributed by atoms with Gasteiger partial charge in [-0.05, 0) is 48.4 Å². The molecule has 4 rings (SSSR count). The van der Waals surface area contributed by atoms with Crippen molar-refractivity contribution in [1.82, 2.24) is 9.21 Å². The van der Waals surface area contributed by atoms with Crippen LogP contribution in [0.4, 0.5) is 4.39 Å². The lowest BCUT2D eigenvalue weighted by molar-refractivity contribution is -0.138. The van der Waals surface area contributed by atoms with Gasteiger partial charge >= 0.3 is 0 Å². The molecule has 1 atom stereocenters. The summed E-state index contributed by atoms with van der Waals surface area (Å²) in [6.07, 6.45) is 0.538. The van der Waals surface area contributed by atoms with E-state index < -0.39 is 15.8 Å². The Morgan fingerprint density at radius 3 is 2.59 bits per heavy atom. The molecule has 2 aromatic rings. The van der Waals surface area contributed by atoms with Gasteiger partial charge in [-0.3, -0.25) is 4.79 Å². The molecule has 0 radical (unpaired) electrons. The van der Waals surface area contributed by atoms with Crippen molar-refractivity contribution < 1.29 is 22.3 Å². The molecule has 9 heteroatoms. The van der Waals surface area contributed by atoms with Crippen LogP contribution in [0.25, 0.3) is 0 Å². The SMILES string of the molecule is O=C([C@@H]1COc2ccc(Cl)cc2C1)N1CCN(S(=O)(=O)c2cccc(F)c2)CC1. The summed E-state index contributed by atoms with van der Waals surface area (Å²) in [4.78, 5) is 14.5. The highest BCUT2D eigenvalue weighted by Crippen LogP contribution is 2.31. The summed E-state index contributed by atoms with van der Waals surface area (Å²) in [6.45, 7) is 1.19. The Hall–Kier alpha value is -2.16. The van der Waals surface area contributed by atoms with Gasteiger partial charge in [0.2, 0.25) is 15.9 Å². The van der Waals surface area contributed by atoms with Crippen LogP contribution >= 0.6 is 11.6 Å². The number of halogens is 2. The van der Waals surface area contributed by atoms with Gasteiger partial charge in [0.15, 0.2) is 0 Å². The molecule has 0 bridgehead atoms. The predicted octanol–water partition coefficient (Wildman–Crippen LogP) is 2.56. The first kappa shape index (κ1) is 20.1. The lowest BCUT2D eigenvalue weighted by Crippen LogP contribution is -2.52. The Morgan fingerprint density at radius 1 is 1.10 bits per heavy atom. The maximum Gasteiger partial charge on any atom is 0.243 e. The van der Waals surface area contributed by atoms with E-state index in [9.17, 15) is 17.6 Å². The highest BCUT2D eigenvalue weighted by atomic mass is 35.5. The molecule has 29 heavy (non-hydrogen) atoms. The van der Waals surface area contributed by atoms with Crippen molar-refractivity contribution in [3.05, 3.63) is 58.9 Å². The van der Waals surface area contributed by atoms with E-state index in [0.717, 1.165) is 17.4 Å². The van der Waals surface area contributed by atoms with Gasteiger partial charge in [0.05, 0.1) is 10.8 Å². The van der Waals surface area contributed by atoms with Crippen molar-refractivity contribution in [3.8, 4) is 5.75 Å². The Kier molecular flexibility index (Phi) is 5.50. The summed E-state index contributed by atoms with van der Waals surface area (Å²) >= 11 is 6.03. The minimum Gasteiger partial charge on any atom is -0.492 e. The van der Waals surface area contributed by atoms with Crippen LogP contribution in [0.2, 0.25) is 5.02 Å². The fraction of sp³-hybridized carbons (Fsp3) is 0.350. The minimum atomic E-state index is -3.79. The van der Waals surface area contributed by atoms with Crippen LogP contribution in [0.1, 0.15) is 5.56 Å². The average Bonchev–Trinajstić information content (AvgIpc) is 2.72. The van der Waals surface area contributed by atoms with Crippen molar-refractivity contribution in [2.45, 2.75) is 11.3 Å². The van der Waals surface area contributed by atoms with Gasteiger partial charge in [-0.1, -0.05) is 17.7 Å². The number of carbonyl (C=O) groups is 1. The van der Waals surface area contributed by atoms with Gasteiger partial charge in [-0.2, -0.15) is 4.31 Å². The van der Waals surface area contributed by atoms with Gasteiger partial charge in [0.25, 0.3) is 0 Å². The highest BCUT2D eigenvalue weighted by molar-refractivity contribution is 7.89. The third-order valence-electron chi connectivity index (χ3n) is 5.26. The number of hydrogen-bond acceptors (Lipinski definition) is 4. The second-order valence-corrected chi connectivity index (χ2v) is 9.53. The largest absolute Gasteiger partial charge is 0.492 e. The summed E-state index contributed by atoms with van der Waals surface area (Å²) in [5.74, 6) is -0.243. The molecule has 0 unspecified atom stereocenters. The molecule has 2 aliphatic rings. The second kappa shape index (κ2) is 7.93. The number of rotatable bonds is 3. The summed E-state index contributed by atoms with van der Waals surface area (Å²) in [5.41, 5.74) is 0.898. The third kappa shape index (κ3) is 4.10. The maximum atomic E-state index is 13.4. The van der Waals surface area contributed by atoms with Crippen molar-refractivity contribution in [1.29, 1.82) is 0 Å². The number of piperazine rings is 1. The number of sulfonamides is 1. The number of carbonyl (C=O) groups excluding carboxylic acids is 1. The molecule has 0 aliphatic carbocycles. The lowest BCUT2D eigenvalue weighted by atomic mass is 9.95. The first-order valence-corrected chi connectivity index (χ1v) is 11.1. The molecule has 1 saturated heterocycles. The number of nitrogens with zero attached hydrogens (tertiary/aromatic N) is 2. The highest BCUT2D eigenvalue weighted by Gasteiger charge is 2.34. The molecule has 154 valence electrons. The summed E-state index contributed by atoms with van der Waals surface area (Å²) in [6, 6.07) is 10.3. The first-order valence-electron chi connectivity index (χ1n) is 9.30. The number of amides is 1. The second-order valence-electron chi connectivity index (χ2n) is 7.15. The number of benzene rings is 2. The first-order chi connectivity index (χ1) is 13.8. The molecule has 6 nitrogen and oxygen atoms in total. The standard InChI is InChI=1S/C20H20ClFN2O4S/c21-16-4-5-19-14(11-16)10-15(13-28-19)20(25)23-6-8-24(9-7-23)29(26,27)18-3-1-2-17(22)12-18/h1-5,11-12,15H,6-10,13H2/t15-/m0/s1. The fourth-order valence-corrected chi connectivity index (χ4v) is 5.35. The van der Waals surface area contributed by atoms with E-state index in [1.807, 2.05) is 0 Å². The zero-order valence-electron chi connectivity index (χ0n) is 15.6. The van der Waals surface area contributed by atoms with Crippen molar-refractivity contribution >= 4 is 27.5 Å². The zero-order chi connectivity index (χ0) is 20.6. The maximum absolute atomic E-state index is 13.4. The van der Waals surface area contributed by atoms with Crippen LogP contribution in [-0.2, 0) is 21.2 Å². The van der Waals surface area contributed by atoms with Gasteiger partial charge < -0.3 is 9.64 Å². The van der Waals surface area contributed by atoms with Crippen LogP contribution in [-0.4, -0.2) is 56.3 Å². The zero-order valence-corrected chi connectivity index (χ0v) is 17.1. The molecule has 0 aromatic heterocycles. The van der Waals surface area contributed by atoms with Crippen LogP contribution < -0.4 is 4.74 Å². The van der Waals surface area contributed by atoms with E-state index in [1.54, 1.807) is 23.1 Å². The molecule has 0 spiro atoms. The number of hydrogen-bond donors (Lipinski definition) is 0. The topological polar surface area (TPSA) is 66.9 Å². The summed E-state index contributed by atoms with van der Waals surface area (Å²) in [7, 11) is -3.79. The molecule has 0 saturated carbocycles. The Bertz CT molecular complexity index is 1040. The average molecular weight is 439 g/mol. The number of fused-ring (bicyclic) bond motifs is 1. The van der Waals surface area contributed by atoms with E-state index in [-0.39, 0.29) is 49.5 Å². The van der Waals surface area contributed by atoms with Gasteiger partial charge in [-0.15, -0.1) is 0 Å². The molecule has 2 heterocycles. The molecule has 2 aromatic carbocycles. The normalized spacial score (nSPS) is 20.1. The van der Waals surface area contributed by atoms with E-state index in [4.69, 9.17) is 16.3 Å². The van der Waals surface area contributed by atoms with Crippen LogP contribution in [0.15, 0.2) is 47.4 Å².